The summed E-state index contributed by atoms with van der Waals surface area (Å²) in [6, 6.07) is 12.7. The van der Waals surface area contributed by atoms with E-state index in [2.05, 4.69) is 43.2 Å². The van der Waals surface area contributed by atoms with Crippen molar-refractivity contribution in [2.75, 3.05) is 6.54 Å². The molecule has 0 bridgehead atoms. The van der Waals surface area contributed by atoms with Gasteiger partial charge in [0.1, 0.15) is 0 Å². The molecule has 2 aromatic heterocycles. The maximum absolute atomic E-state index is 4.61. The second kappa shape index (κ2) is 6.76. The molecule has 0 radical (unpaired) electrons. The van der Waals surface area contributed by atoms with Crippen molar-refractivity contribution in [1.82, 2.24) is 34.9 Å². The molecule has 1 fully saturated rings. The third-order valence-corrected chi connectivity index (χ3v) is 4.87. The Morgan fingerprint density at radius 2 is 2.00 bits per heavy atom. The third-order valence-electron chi connectivity index (χ3n) is 4.87. The summed E-state index contributed by atoms with van der Waals surface area (Å²) < 4.78 is 3.96. The molecule has 0 aliphatic carbocycles. The van der Waals surface area contributed by atoms with E-state index in [0.29, 0.717) is 6.04 Å². The molecular formula is C18H23N7. The van der Waals surface area contributed by atoms with Crippen LogP contribution in [-0.4, -0.2) is 47.5 Å². The van der Waals surface area contributed by atoms with Gasteiger partial charge in [-0.3, -0.25) is 9.58 Å². The van der Waals surface area contributed by atoms with Crippen LogP contribution in [-0.2, 0) is 13.1 Å². The first kappa shape index (κ1) is 16.0. The molecule has 3 heterocycles. The van der Waals surface area contributed by atoms with E-state index in [1.807, 2.05) is 41.9 Å². The first-order valence-corrected chi connectivity index (χ1v) is 8.78. The molecule has 130 valence electrons. The standard InChI is InChI=1S/C18H23N7/c1-14-11-15(2)24(20-14)12-17-9-6-10-23(17)13-18-19-21-22-25(18)16-7-4-3-5-8-16/h3-5,7-8,11,17H,6,9-10,12-13H2,1-2H3. The van der Waals surface area contributed by atoms with Crippen molar-refractivity contribution in [2.24, 2.45) is 0 Å². The number of hydrogen-bond donors (Lipinski definition) is 0. The van der Waals surface area contributed by atoms with Crippen LogP contribution in [0.15, 0.2) is 36.4 Å². The molecule has 4 rings (SSSR count). The Kier molecular flexibility index (Phi) is 4.31. The molecule has 7 nitrogen and oxygen atoms in total. The van der Waals surface area contributed by atoms with Crippen LogP contribution in [0, 0.1) is 13.8 Å². The van der Waals surface area contributed by atoms with Crippen LogP contribution in [0.1, 0.15) is 30.1 Å². The summed E-state index contributed by atoms with van der Waals surface area (Å²) in [7, 11) is 0. The van der Waals surface area contributed by atoms with E-state index in [4.69, 9.17) is 0 Å². The van der Waals surface area contributed by atoms with Gasteiger partial charge < -0.3 is 0 Å². The molecule has 1 aromatic carbocycles. The molecule has 0 saturated carbocycles. The van der Waals surface area contributed by atoms with Gasteiger partial charge in [-0.2, -0.15) is 9.78 Å². The first-order valence-electron chi connectivity index (χ1n) is 8.78. The van der Waals surface area contributed by atoms with Crippen LogP contribution < -0.4 is 0 Å². The lowest BCUT2D eigenvalue weighted by Gasteiger charge is -2.24. The second-order valence-electron chi connectivity index (χ2n) is 6.72. The van der Waals surface area contributed by atoms with Gasteiger partial charge in [-0.15, -0.1) is 5.10 Å². The highest BCUT2D eigenvalue weighted by Gasteiger charge is 2.27. The van der Waals surface area contributed by atoms with E-state index in [1.54, 1.807) is 0 Å². The molecular weight excluding hydrogens is 314 g/mol. The SMILES string of the molecule is Cc1cc(C)n(CC2CCCN2Cc2nnnn2-c2ccccc2)n1. The lowest BCUT2D eigenvalue weighted by molar-refractivity contribution is 0.211. The Morgan fingerprint density at radius 1 is 1.16 bits per heavy atom. The number of rotatable bonds is 5. The fourth-order valence-electron chi connectivity index (χ4n) is 3.63. The number of likely N-dealkylation sites (tertiary alicyclic amines) is 1. The van der Waals surface area contributed by atoms with Gasteiger partial charge in [-0.25, -0.2) is 0 Å². The Labute approximate surface area is 147 Å². The summed E-state index contributed by atoms with van der Waals surface area (Å²) in [4.78, 5) is 2.47. The number of aryl methyl sites for hydroxylation is 2. The van der Waals surface area contributed by atoms with Gasteiger partial charge in [0.25, 0.3) is 0 Å². The maximum Gasteiger partial charge on any atom is 0.170 e. The normalized spacial score (nSPS) is 18.1. The molecule has 3 aromatic rings. The summed E-state index contributed by atoms with van der Waals surface area (Å²) in [6.07, 6.45) is 2.39. The van der Waals surface area contributed by atoms with Crippen molar-refractivity contribution in [3.8, 4) is 5.69 Å². The average molecular weight is 337 g/mol. The zero-order chi connectivity index (χ0) is 17.2. The topological polar surface area (TPSA) is 64.7 Å². The van der Waals surface area contributed by atoms with E-state index in [0.717, 1.165) is 36.8 Å². The Hall–Kier alpha value is -2.54. The zero-order valence-electron chi connectivity index (χ0n) is 14.7. The number of nitrogens with zero attached hydrogens (tertiary/aromatic N) is 7. The Morgan fingerprint density at radius 3 is 2.76 bits per heavy atom. The van der Waals surface area contributed by atoms with Crippen molar-refractivity contribution in [3.05, 3.63) is 53.6 Å². The van der Waals surface area contributed by atoms with Crippen LogP contribution >= 0.6 is 0 Å². The van der Waals surface area contributed by atoms with Crippen LogP contribution in [0.4, 0.5) is 0 Å². The molecule has 1 saturated heterocycles. The highest BCUT2D eigenvalue weighted by atomic mass is 15.5. The number of tetrazole rings is 1. The van der Waals surface area contributed by atoms with Crippen LogP contribution in [0.2, 0.25) is 0 Å². The van der Waals surface area contributed by atoms with Crippen LogP contribution in [0.5, 0.6) is 0 Å². The molecule has 0 spiro atoms. The number of para-hydroxylation sites is 1. The van der Waals surface area contributed by atoms with E-state index < -0.39 is 0 Å². The quantitative estimate of drug-likeness (QED) is 0.714. The fraction of sp³-hybridized carbons (Fsp3) is 0.444. The molecule has 1 aliphatic rings. The average Bonchev–Trinajstić information content (AvgIpc) is 3.31. The zero-order valence-corrected chi connectivity index (χ0v) is 14.7. The minimum atomic E-state index is 0.471. The minimum Gasteiger partial charge on any atom is -0.291 e. The third kappa shape index (κ3) is 3.32. The van der Waals surface area contributed by atoms with E-state index >= 15 is 0 Å². The van der Waals surface area contributed by atoms with Gasteiger partial charge in [0.05, 0.1) is 24.5 Å². The van der Waals surface area contributed by atoms with E-state index in [9.17, 15) is 0 Å². The Balaban J connectivity index is 1.51. The van der Waals surface area contributed by atoms with Crippen LogP contribution in [0.25, 0.3) is 5.69 Å². The number of benzene rings is 1. The molecule has 1 atom stereocenters. The fourth-order valence-corrected chi connectivity index (χ4v) is 3.63. The first-order chi connectivity index (χ1) is 12.2. The molecule has 1 aliphatic heterocycles. The maximum atomic E-state index is 4.61. The van der Waals surface area contributed by atoms with Gasteiger partial charge in [0, 0.05) is 11.7 Å². The number of hydrogen-bond acceptors (Lipinski definition) is 5. The molecule has 0 N–H and O–H groups in total. The second-order valence-corrected chi connectivity index (χ2v) is 6.72. The number of aromatic nitrogens is 6. The summed E-state index contributed by atoms with van der Waals surface area (Å²) in [6.45, 7) is 6.92. The summed E-state index contributed by atoms with van der Waals surface area (Å²) >= 11 is 0. The molecule has 1 unspecified atom stereocenters. The van der Waals surface area contributed by atoms with Gasteiger partial charge in [-0.05, 0) is 61.9 Å². The van der Waals surface area contributed by atoms with Gasteiger partial charge in [-0.1, -0.05) is 18.2 Å². The Bertz CT molecular complexity index is 836. The summed E-state index contributed by atoms with van der Waals surface area (Å²) in [5.74, 6) is 0.881. The van der Waals surface area contributed by atoms with Crippen molar-refractivity contribution in [3.63, 3.8) is 0 Å². The molecule has 25 heavy (non-hydrogen) atoms. The van der Waals surface area contributed by atoms with Crippen molar-refractivity contribution in [2.45, 2.75) is 45.8 Å². The lowest BCUT2D eigenvalue weighted by Crippen LogP contribution is -2.34. The summed E-state index contributed by atoms with van der Waals surface area (Å²) in [5.41, 5.74) is 3.30. The largest absolute Gasteiger partial charge is 0.291 e. The predicted octanol–water partition coefficient (Wildman–Crippen LogP) is 2.14. The van der Waals surface area contributed by atoms with Gasteiger partial charge >= 0.3 is 0 Å². The predicted molar refractivity (Wildman–Crippen MR) is 94.3 cm³/mol. The highest BCUT2D eigenvalue weighted by Crippen LogP contribution is 2.22. The van der Waals surface area contributed by atoms with Gasteiger partial charge in [0.15, 0.2) is 5.82 Å². The highest BCUT2D eigenvalue weighted by molar-refractivity contribution is 5.30. The molecule has 7 heteroatoms. The molecule has 0 amide bonds. The lowest BCUT2D eigenvalue weighted by atomic mass is 10.2. The van der Waals surface area contributed by atoms with Gasteiger partial charge in [0.2, 0.25) is 0 Å². The van der Waals surface area contributed by atoms with E-state index in [-0.39, 0.29) is 0 Å². The van der Waals surface area contributed by atoms with Crippen molar-refractivity contribution < 1.29 is 0 Å². The van der Waals surface area contributed by atoms with Crippen molar-refractivity contribution in [1.29, 1.82) is 0 Å². The minimum absolute atomic E-state index is 0.471. The summed E-state index contributed by atoms with van der Waals surface area (Å²) in [5, 5.41) is 16.9. The van der Waals surface area contributed by atoms with E-state index in [1.165, 1.54) is 18.5 Å². The monoisotopic (exact) mass is 337 g/mol. The smallest absolute Gasteiger partial charge is 0.170 e. The van der Waals surface area contributed by atoms with Crippen LogP contribution in [0.3, 0.4) is 0 Å². The van der Waals surface area contributed by atoms with Crippen molar-refractivity contribution >= 4 is 0 Å².